The summed E-state index contributed by atoms with van der Waals surface area (Å²) in [4.78, 5) is 0. The minimum atomic E-state index is 0.504. The van der Waals surface area contributed by atoms with Crippen molar-refractivity contribution in [3.8, 4) is 0 Å². The second-order valence-electron chi connectivity index (χ2n) is 12.2. The van der Waals surface area contributed by atoms with Gasteiger partial charge >= 0.3 is 0 Å². The maximum Gasteiger partial charge on any atom is 0.0199 e. The van der Waals surface area contributed by atoms with Gasteiger partial charge in [0.15, 0.2) is 0 Å². The van der Waals surface area contributed by atoms with Crippen LogP contribution in [0.1, 0.15) is 105 Å². The Morgan fingerprint density at radius 3 is 2.50 bits per heavy atom. The number of thiol groups is 1. The summed E-state index contributed by atoms with van der Waals surface area (Å²) in [6.45, 7) is 12.7. The molecular formula is C27H46S. The van der Waals surface area contributed by atoms with E-state index in [1.54, 1.807) is 5.57 Å². The topological polar surface area (TPSA) is 0 Å². The first-order valence-corrected chi connectivity index (χ1v) is 13.2. The second kappa shape index (κ2) is 7.97. The molecule has 0 N–H and O–H groups in total. The van der Waals surface area contributed by atoms with Crippen molar-refractivity contribution in [3.05, 3.63) is 11.6 Å². The van der Waals surface area contributed by atoms with Crippen molar-refractivity contribution in [1.82, 2.24) is 0 Å². The average molecular weight is 403 g/mol. The zero-order chi connectivity index (χ0) is 20.1. The van der Waals surface area contributed by atoms with Crippen molar-refractivity contribution in [2.75, 3.05) is 0 Å². The first kappa shape index (κ1) is 21.3. The molecule has 0 spiro atoms. The fraction of sp³-hybridized carbons (Fsp3) is 0.926. The fourth-order valence-electron chi connectivity index (χ4n) is 8.73. The van der Waals surface area contributed by atoms with Gasteiger partial charge in [-0.15, -0.1) is 0 Å². The smallest absolute Gasteiger partial charge is 0.0199 e. The molecule has 3 fully saturated rings. The van der Waals surface area contributed by atoms with E-state index in [4.69, 9.17) is 12.6 Å². The molecule has 3 saturated carbocycles. The quantitative estimate of drug-likeness (QED) is 0.347. The first-order valence-electron chi connectivity index (χ1n) is 12.6. The van der Waals surface area contributed by atoms with Crippen LogP contribution in [0.25, 0.3) is 0 Å². The van der Waals surface area contributed by atoms with E-state index < -0.39 is 0 Å². The van der Waals surface area contributed by atoms with Crippen LogP contribution in [-0.2, 0) is 0 Å². The zero-order valence-corrected chi connectivity index (χ0v) is 20.2. The van der Waals surface area contributed by atoms with Gasteiger partial charge in [0.1, 0.15) is 0 Å². The van der Waals surface area contributed by atoms with E-state index in [1.807, 2.05) is 0 Å². The molecule has 4 rings (SSSR count). The van der Waals surface area contributed by atoms with Crippen molar-refractivity contribution in [1.29, 1.82) is 0 Å². The summed E-state index contributed by atoms with van der Waals surface area (Å²) in [5.74, 6) is 5.76. The molecule has 28 heavy (non-hydrogen) atoms. The normalized spacial score (nSPS) is 46.5. The van der Waals surface area contributed by atoms with E-state index in [-0.39, 0.29) is 0 Å². The Hall–Kier alpha value is 0.0900. The van der Waals surface area contributed by atoms with Crippen LogP contribution in [0.2, 0.25) is 0 Å². The van der Waals surface area contributed by atoms with Crippen LogP contribution in [0.15, 0.2) is 11.6 Å². The van der Waals surface area contributed by atoms with E-state index >= 15 is 0 Å². The molecule has 0 aromatic rings. The van der Waals surface area contributed by atoms with Crippen molar-refractivity contribution >= 4 is 12.6 Å². The van der Waals surface area contributed by atoms with Crippen LogP contribution in [0.5, 0.6) is 0 Å². The lowest BCUT2D eigenvalue weighted by Gasteiger charge is -2.59. The number of hydrogen-bond donors (Lipinski definition) is 1. The highest BCUT2D eigenvalue weighted by Gasteiger charge is 2.59. The number of allylic oxidation sites excluding steroid dienone is 1. The third kappa shape index (κ3) is 3.54. The Balaban J connectivity index is 1.48. The summed E-state index contributed by atoms with van der Waals surface area (Å²) >= 11 is 4.81. The van der Waals surface area contributed by atoms with E-state index in [0.29, 0.717) is 16.1 Å². The van der Waals surface area contributed by atoms with Crippen LogP contribution in [-0.4, -0.2) is 5.25 Å². The predicted octanol–water partition coefficient (Wildman–Crippen LogP) is 8.33. The summed E-state index contributed by atoms with van der Waals surface area (Å²) in [6, 6.07) is 0. The molecule has 0 radical (unpaired) electrons. The lowest BCUT2D eigenvalue weighted by atomic mass is 9.46. The van der Waals surface area contributed by atoms with Gasteiger partial charge in [-0.3, -0.25) is 0 Å². The molecule has 0 aromatic carbocycles. The molecular weight excluding hydrogens is 356 g/mol. The number of hydrogen-bond acceptors (Lipinski definition) is 1. The van der Waals surface area contributed by atoms with Gasteiger partial charge in [-0.2, -0.15) is 12.6 Å². The predicted molar refractivity (Wildman–Crippen MR) is 126 cm³/mol. The molecule has 4 aliphatic rings. The molecule has 0 saturated heterocycles. The first-order chi connectivity index (χ1) is 13.3. The highest BCUT2D eigenvalue weighted by atomic mass is 32.1. The Bertz CT molecular complexity index is 591. The maximum atomic E-state index is 4.81. The highest BCUT2D eigenvalue weighted by Crippen LogP contribution is 2.67. The molecule has 0 amide bonds. The molecule has 0 unspecified atom stereocenters. The Kier molecular flexibility index (Phi) is 6.07. The van der Waals surface area contributed by atoms with Crippen LogP contribution in [0.3, 0.4) is 0 Å². The van der Waals surface area contributed by atoms with Crippen molar-refractivity contribution in [3.63, 3.8) is 0 Å². The average Bonchev–Trinajstić information content (AvgIpc) is 2.99. The minimum Gasteiger partial charge on any atom is -0.172 e. The van der Waals surface area contributed by atoms with Gasteiger partial charge in [0, 0.05) is 5.25 Å². The molecule has 4 aliphatic carbocycles. The van der Waals surface area contributed by atoms with Crippen LogP contribution >= 0.6 is 12.6 Å². The van der Waals surface area contributed by atoms with E-state index in [1.165, 1.54) is 70.6 Å². The molecule has 0 aliphatic heterocycles. The maximum absolute atomic E-state index is 4.81. The molecule has 8 atom stereocenters. The van der Waals surface area contributed by atoms with Gasteiger partial charge in [-0.25, -0.2) is 0 Å². The molecule has 0 bridgehead atoms. The molecule has 0 nitrogen and oxygen atoms in total. The number of fused-ring (bicyclic) bond motifs is 5. The minimum absolute atomic E-state index is 0.504. The van der Waals surface area contributed by atoms with E-state index in [2.05, 4.69) is 40.7 Å². The lowest BCUT2D eigenvalue weighted by molar-refractivity contribution is -0.0590. The molecule has 0 heterocycles. The van der Waals surface area contributed by atoms with E-state index in [0.717, 1.165) is 35.5 Å². The van der Waals surface area contributed by atoms with Crippen molar-refractivity contribution in [2.45, 2.75) is 110 Å². The van der Waals surface area contributed by atoms with Crippen LogP contribution in [0, 0.1) is 46.3 Å². The van der Waals surface area contributed by atoms with Gasteiger partial charge in [0.25, 0.3) is 0 Å². The van der Waals surface area contributed by atoms with Gasteiger partial charge < -0.3 is 0 Å². The second-order valence-corrected chi connectivity index (χ2v) is 12.8. The van der Waals surface area contributed by atoms with Gasteiger partial charge in [-0.1, -0.05) is 65.5 Å². The summed E-state index contributed by atoms with van der Waals surface area (Å²) in [5.41, 5.74) is 2.93. The third-order valence-corrected chi connectivity index (χ3v) is 10.7. The van der Waals surface area contributed by atoms with Crippen molar-refractivity contribution < 1.29 is 0 Å². The third-order valence-electron chi connectivity index (χ3n) is 10.3. The van der Waals surface area contributed by atoms with Crippen LogP contribution < -0.4 is 0 Å². The molecule has 0 aromatic heterocycles. The summed E-state index contributed by atoms with van der Waals surface area (Å²) < 4.78 is 0. The van der Waals surface area contributed by atoms with Crippen LogP contribution in [0.4, 0.5) is 0 Å². The molecule has 160 valence electrons. The van der Waals surface area contributed by atoms with Gasteiger partial charge in [-0.05, 0) is 97.7 Å². The largest absolute Gasteiger partial charge is 0.172 e. The van der Waals surface area contributed by atoms with Gasteiger partial charge in [0.05, 0.1) is 0 Å². The van der Waals surface area contributed by atoms with Gasteiger partial charge in [0.2, 0.25) is 0 Å². The summed E-state index contributed by atoms with van der Waals surface area (Å²) in [5, 5.41) is 0.524. The monoisotopic (exact) mass is 402 g/mol. The lowest BCUT2D eigenvalue weighted by Crippen LogP contribution is -2.51. The SMILES string of the molecule is CC(C)CCC[C@@H](C)[C@H]1CC[C@H]2[C@H]3CCC4=C[C@@H](S)CC[C@]4(C)[C@H]3CC[C@]12C. The standard InChI is InChI=1S/C27H46S/c1-18(2)7-6-8-19(3)23-11-12-24-22-10-9-20-17-21(28)13-15-26(20,4)25(22)14-16-27(23,24)5/h17-19,21-25,28H,6-16H2,1-5H3/t19-,21+,22-,23-,24+,25+,26+,27-/m1/s1. The Morgan fingerprint density at radius 2 is 1.75 bits per heavy atom. The highest BCUT2D eigenvalue weighted by molar-refractivity contribution is 7.81. The number of rotatable bonds is 5. The van der Waals surface area contributed by atoms with Crippen molar-refractivity contribution in [2.24, 2.45) is 46.3 Å². The summed E-state index contributed by atoms with van der Waals surface area (Å²) in [6.07, 6.45) is 18.5. The fourth-order valence-corrected chi connectivity index (χ4v) is 9.04. The van der Waals surface area contributed by atoms with E-state index in [9.17, 15) is 0 Å². The zero-order valence-electron chi connectivity index (χ0n) is 19.3. The summed E-state index contributed by atoms with van der Waals surface area (Å²) in [7, 11) is 0. The Labute approximate surface area is 181 Å². The molecule has 1 heteroatoms. The Morgan fingerprint density at radius 1 is 0.964 bits per heavy atom.